The van der Waals surface area contributed by atoms with Gasteiger partial charge in [0.1, 0.15) is 0 Å². The Bertz CT molecular complexity index is 1520. The number of ether oxygens (including phenoxy) is 1. The van der Waals surface area contributed by atoms with Crippen LogP contribution in [0.3, 0.4) is 0 Å². The van der Waals surface area contributed by atoms with E-state index in [9.17, 15) is 5.26 Å². The molecule has 160 valence electrons. The molecule has 0 spiro atoms. The van der Waals surface area contributed by atoms with E-state index in [-0.39, 0.29) is 0 Å². The summed E-state index contributed by atoms with van der Waals surface area (Å²) in [5.74, 6) is 1.64. The molecule has 5 aromatic rings. The summed E-state index contributed by atoms with van der Waals surface area (Å²) in [4.78, 5) is 6.74. The first-order valence-corrected chi connectivity index (χ1v) is 11.0. The first kappa shape index (κ1) is 19.8. The van der Waals surface area contributed by atoms with Crippen LogP contribution < -0.4 is 9.64 Å². The number of nitriles is 1. The van der Waals surface area contributed by atoms with Gasteiger partial charge in [-0.15, -0.1) is 0 Å². The molecule has 0 bridgehead atoms. The Balaban J connectivity index is 1.52. The molecular weight excluding hydrogens is 418 g/mol. The second-order valence-electron chi connectivity index (χ2n) is 8.01. The monoisotopic (exact) mass is 437 g/mol. The van der Waals surface area contributed by atoms with E-state index in [1.807, 2.05) is 54.6 Å². The Morgan fingerprint density at radius 1 is 0.647 bits per heavy atom. The molecule has 1 aliphatic rings. The van der Waals surface area contributed by atoms with Crippen molar-refractivity contribution >= 4 is 17.1 Å². The standard InChI is InChI=1S/C30H19N3O/c31-20-21-16-17-32-25(18-21)23-9-7-8-22(19-23)24-10-1-2-11-26(24)33-27-12-3-5-14-29(27)34-30-15-6-4-13-28(30)33/h1-19H. The zero-order chi connectivity index (χ0) is 22.9. The average molecular weight is 438 g/mol. The molecule has 2 heterocycles. The normalized spacial score (nSPS) is 11.7. The summed E-state index contributed by atoms with van der Waals surface area (Å²) in [6, 6.07) is 38.6. The molecule has 0 radical (unpaired) electrons. The maximum absolute atomic E-state index is 9.29. The van der Waals surface area contributed by atoms with E-state index in [2.05, 4.69) is 64.5 Å². The Morgan fingerprint density at radius 2 is 1.29 bits per heavy atom. The van der Waals surface area contributed by atoms with Gasteiger partial charge in [-0.2, -0.15) is 5.26 Å². The minimum Gasteiger partial charge on any atom is -0.453 e. The maximum atomic E-state index is 9.29. The third-order valence-corrected chi connectivity index (χ3v) is 5.94. The number of hydrogen-bond donors (Lipinski definition) is 0. The second kappa shape index (κ2) is 8.23. The van der Waals surface area contributed by atoms with Crippen LogP contribution in [-0.2, 0) is 0 Å². The van der Waals surface area contributed by atoms with Gasteiger partial charge in [-0.05, 0) is 54.1 Å². The number of para-hydroxylation sites is 5. The van der Waals surface area contributed by atoms with Crippen LogP contribution in [-0.4, -0.2) is 4.98 Å². The Hall–Kier alpha value is -4.88. The van der Waals surface area contributed by atoms with Gasteiger partial charge in [0.15, 0.2) is 11.5 Å². The summed E-state index contributed by atoms with van der Waals surface area (Å²) in [5, 5.41) is 9.29. The van der Waals surface area contributed by atoms with E-state index in [1.165, 1.54) is 0 Å². The van der Waals surface area contributed by atoms with Gasteiger partial charge in [0, 0.05) is 17.3 Å². The minimum absolute atomic E-state index is 0.595. The Labute approximate surface area is 198 Å². The molecule has 4 heteroatoms. The highest BCUT2D eigenvalue weighted by Gasteiger charge is 2.26. The molecule has 0 amide bonds. The molecule has 0 atom stereocenters. The highest BCUT2D eigenvalue weighted by atomic mass is 16.5. The molecule has 4 aromatic carbocycles. The molecule has 0 unspecified atom stereocenters. The fourth-order valence-electron chi connectivity index (χ4n) is 4.38. The number of hydrogen-bond acceptors (Lipinski definition) is 4. The van der Waals surface area contributed by atoms with E-state index in [0.717, 1.165) is 50.9 Å². The van der Waals surface area contributed by atoms with Gasteiger partial charge in [-0.3, -0.25) is 4.98 Å². The molecule has 0 fully saturated rings. The molecule has 1 aromatic heterocycles. The molecule has 0 N–H and O–H groups in total. The summed E-state index contributed by atoms with van der Waals surface area (Å²) in [6.45, 7) is 0. The molecule has 0 aliphatic carbocycles. The van der Waals surface area contributed by atoms with Crippen LogP contribution in [0, 0.1) is 11.3 Å². The highest BCUT2D eigenvalue weighted by Crippen LogP contribution is 2.52. The number of nitrogens with zero attached hydrogens (tertiary/aromatic N) is 3. The minimum atomic E-state index is 0.595. The lowest BCUT2D eigenvalue weighted by molar-refractivity contribution is 0.477. The molecule has 1 aliphatic heterocycles. The zero-order valence-electron chi connectivity index (χ0n) is 18.2. The summed E-state index contributed by atoms with van der Waals surface area (Å²) in [5.41, 5.74) is 7.54. The smallest absolute Gasteiger partial charge is 0.151 e. The fourth-order valence-corrected chi connectivity index (χ4v) is 4.38. The predicted molar refractivity (Wildman–Crippen MR) is 135 cm³/mol. The molecular formula is C30H19N3O. The van der Waals surface area contributed by atoms with Crippen LogP contribution in [0.5, 0.6) is 11.5 Å². The van der Waals surface area contributed by atoms with E-state index in [1.54, 1.807) is 12.3 Å². The lowest BCUT2D eigenvalue weighted by atomic mass is 9.98. The van der Waals surface area contributed by atoms with Gasteiger partial charge in [0.25, 0.3) is 0 Å². The molecule has 6 rings (SSSR count). The van der Waals surface area contributed by atoms with Crippen LogP contribution >= 0.6 is 0 Å². The maximum Gasteiger partial charge on any atom is 0.151 e. The lowest BCUT2D eigenvalue weighted by Gasteiger charge is -2.34. The van der Waals surface area contributed by atoms with E-state index in [0.29, 0.717) is 5.56 Å². The lowest BCUT2D eigenvalue weighted by Crippen LogP contribution is -2.16. The summed E-state index contributed by atoms with van der Waals surface area (Å²) in [7, 11) is 0. The molecule has 0 saturated heterocycles. The summed E-state index contributed by atoms with van der Waals surface area (Å²) < 4.78 is 6.20. The van der Waals surface area contributed by atoms with Gasteiger partial charge in [0.2, 0.25) is 0 Å². The first-order valence-electron chi connectivity index (χ1n) is 11.0. The fraction of sp³-hybridized carbons (Fsp3) is 0. The van der Waals surface area contributed by atoms with E-state index in [4.69, 9.17) is 4.74 Å². The SMILES string of the molecule is N#Cc1ccnc(-c2cccc(-c3ccccc3N3c4ccccc4Oc4ccccc43)c2)c1. The number of fused-ring (bicyclic) bond motifs is 2. The number of rotatable bonds is 3. The van der Waals surface area contributed by atoms with E-state index >= 15 is 0 Å². The van der Waals surface area contributed by atoms with Crippen LogP contribution in [0.2, 0.25) is 0 Å². The highest BCUT2D eigenvalue weighted by molar-refractivity contribution is 5.93. The van der Waals surface area contributed by atoms with Crippen molar-refractivity contribution in [2.24, 2.45) is 0 Å². The number of pyridine rings is 1. The van der Waals surface area contributed by atoms with Crippen molar-refractivity contribution in [3.05, 3.63) is 121 Å². The van der Waals surface area contributed by atoms with Gasteiger partial charge >= 0.3 is 0 Å². The number of anilines is 3. The van der Waals surface area contributed by atoms with Crippen molar-refractivity contribution in [3.63, 3.8) is 0 Å². The topological polar surface area (TPSA) is 49.2 Å². The van der Waals surface area contributed by atoms with E-state index < -0.39 is 0 Å². The predicted octanol–water partition coefficient (Wildman–Crippen LogP) is 7.86. The first-order chi connectivity index (χ1) is 16.8. The second-order valence-corrected chi connectivity index (χ2v) is 8.01. The third-order valence-electron chi connectivity index (χ3n) is 5.94. The van der Waals surface area contributed by atoms with Crippen molar-refractivity contribution in [2.45, 2.75) is 0 Å². The van der Waals surface area contributed by atoms with Crippen LogP contribution in [0.1, 0.15) is 5.56 Å². The van der Waals surface area contributed by atoms with Crippen LogP contribution in [0.15, 0.2) is 115 Å². The van der Waals surface area contributed by atoms with Crippen molar-refractivity contribution < 1.29 is 4.74 Å². The van der Waals surface area contributed by atoms with Crippen molar-refractivity contribution in [1.29, 1.82) is 5.26 Å². The largest absolute Gasteiger partial charge is 0.453 e. The van der Waals surface area contributed by atoms with Crippen molar-refractivity contribution in [3.8, 4) is 40.0 Å². The Morgan fingerprint density at radius 3 is 2.03 bits per heavy atom. The molecule has 34 heavy (non-hydrogen) atoms. The third kappa shape index (κ3) is 3.37. The molecule has 4 nitrogen and oxygen atoms in total. The number of aromatic nitrogens is 1. The molecule has 0 saturated carbocycles. The van der Waals surface area contributed by atoms with Gasteiger partial charge in [-0.25, -0.2) is 0 Å². The van der Waals surface area contributed by atoms with Crippen molar-refractivity contribution in [2.75, 3.05) is 4.90 Å². The number of benzene rings is 4. The summed E-state index contributed by atoms with van der Waals surface area (Å²) >= 11 is 0. The average Bonchev–Trinajstić information content (AvgIpc) is 2.92. The van der Waals surface area contributed by atoms with Crippen LogP contribution in [0.25, 0.3) is 22.4 Å². The zero-order valence-corrected chi connectivity index (χ0v) is 18.2. The quantitative estimate of drug-likeness (QED) is 0.283. The van der Waals surface area contributed by atoms with Crippen LogP contribution in [0.4, 0.5) is 17.1 Å². The van der Waals surface area contributed by atoms with Gasteiger partial charge < -0.3 is 9.64 Å². The van der Waals surface area contributed by atoms with Gasteiger partial charge in [0.05, 0.1) is 34.4 Å². The Kier molecular flexibility index (Phi) is 4.79. The summed E-state index contributed by atoms with van der Waals surface area (Å²) in [6.07, 6.45) is 1.68. The van der Waals surface area contributed by atoms with Gasteiger partial charge in [-0.1, -0.05) is 60.7 Å². The van der Waals surface area contributed by atoms with Crippen molar-refractivity contribution in [1.82, 2.24) is 4.98 Å².